The Hall–Kier alpha value is -2.30. The summed E-state index contributed by atoms with van der Waals surface area (Å²) < 4.78 is 5.60. The first kappa shape index (κ1) is 16.1. The molecule has 118 valence electrons. The maximum absolute atomic E-state index is 12.1. The number of carboxylic acids is 1. The van der Waals surface area contributed by atoms with E-state index < -0.39 is 17.9 Å². The number of ether oxygens (including phenoxy) is 1. The lowest BCUT2D eigenvalue weighted by Gasteiger charge is -2.13. The van der Waals surface area contributed by atoms with E-state index in [1.807, 2.05) is 0 Å². The van der Waals surface area contributed by atoms with Gasteiger partial charge in [0.15, 0.2) is 0 Å². The Morgan fingerprint density at radius 1 is 1.36 bits per heavy atom. The standard InChI is InChI=1S/C17H21NO4/c1-2-3-4-15(17(20)21)18-16(19)13-7-9-14(10-8-13)22-11-12-5-6-12/h2-3,7-10,12,15H,4-6,11H2,1H3,(H,18,19)(H,20,21)/b3-2+. The summed E-state index contributed by atoms with van der Waals surface area (Å²) in [6, 6.07) is 5.84. The van der Waals surface area contributed by atoms with Crippen LogP contribution in [0.2, 0.25) is 0 Å². The Morgan fingerprint density at radius 3 is 2.59 bits per heavy atom. The van der Waals surface area contributed by atoms with Gasteiger partial charge < -0.3 is 15.2 Å². The van der Waals surface area contributed by atoms with Crippen LogP contribution in [0.15, 0.2) is 36.4 Å². The molecular weight excluding hydrogens is 282 g/mol. The zero-order chi connectivity index (χ0) is 15.9. The van der Waals surface area contributed by atoms with Gasteiger partial charge in [-0.25, -0.2) is 4.79 Å². The van der Waals surface area contributed by atoms with E-state index in [0.717, 1.165) is 12.4 Å². The molecule has 22 heavy (non-hydrogen) atoms. The molecule has 0 saturated heterocycles. The average Bonchev–Trinajstić information content (AvgIpc) is 3.33. The minimum Gasteiger partial charge on any atom is -0.493 e. The van der Waals surface area contributed by atoms with Gasteiger partial charge in [-0.05, 0) is 56.4 Å². The maximum Gasteiger partial charge on any atom is 0.326 e. The van der Waals surface area contributed by atoms with E-state index >= 15 is 0 Å². The molecule has 1 aliphatic carbocycles. The topological polar surface area (TPSA) is 75.6 Å². The molecule has 1 aromatic carbocycles. The van der Waals surface area contributed by atoms with Gasteiger partial charge in [-0.2, -0.15) is 0 Å². The van der Waals surface area contributed by atoms with Crippen molar-refractivity contribution in [1.82, 2.24) is 5.32 Å². The summed E-state index contributed by atoms with van der Waals surface area (Å²) in [6.07, 6.45) is 6.19. The zero-order valence-corrected chi connectivity index (χ0v) is 12.6. The van der Waals surface area contributed by atoms with Crippen molar-refractivity contribution in [2.24, 2.45) is 5.92 Å². The molecule has 0 spiro atoms. The number of nitrogens with one attached hydrogen (secondary N) is 1. The number of rotatable bonds is 8. The third-order valence-corrected chi connectivity index (χ3v) is 3.51. The van der Waals surface area contributed by atoms with E-state index in [0.29, 0.717) is 11.5 Å². The molecule has 1 unspecified atom stereocenters. The highest BCUT2D eigenvalue weighted by atomic mass is 16.5. The Labute approximate surface area is 130 Å². The largest absolute Gasteiger partial charge is 0.493 e. The molecular formula is C17H21NO4. The van der Waals surface area contributed by atoms with Crippen LogP contribution in [0.25, 0.3) is 0 Å². The highest BCUT2D eigenvalue weighted by molar-refractivity contribution is 5.96. The fourth-order valence-corrected chi connectivity index (χ4v) is 1.94. The third-order valence-electron chi connectivity index (χ3n) is 3.51. The summed E-state index contributed by atoms with van der Waals surface area (Å²) in [5.74, 6) is -0.0421. The quantitative estimate of drug-likeness (QED) is 0.724. The van der Waals surface area contributed by atoms with E-state index in [-0.39, 0.29) is 6.42 Å². The second kappa shape index (κ2) is 7.64. The van der Waals surface area contributed by atoms with Gasteiger partial charge in [0.2, 0.25) is 0 Å². The number of allylic oxidation sites excluding steroid dienone is 1. The van der Waals surface area contributed by atoms with E-state index in [9.17, 15) is 9.59 Å². The molecule has 1 amide bonds. The average molecular weight is 303 g/mol. The molecule has 5 heteroatoms. The molecule has 0 bridgehead atoms. The number of benzene rings is 1. The summed E-state index contributed by atoms with van der Waals surface area (Å²) in [7, 11) is 0. The second-order valence-electron chi connectivity index (χ2n) is 5.45. The zero-order valence-electron chi connectivity index (χ0n) is 12.6. The first-order valence-electron chi connectivity index (χ1n) is 7.48. The summed E-state index contributed by atoms with van der Waals surface area (Å²) >= 11 is 0. The number of amides is 1. The summed E-state index contributed by atoms with van der Waals surface area (Å²) in [4.78, 5) is 23.2. The van der Waals surface area contributed by atoms with E-state index in [4.69, 9.17) is 9.84 Å². The highest BCUT2D eigenvalue weighted by Gasteiger charge is 2.22. The number of aliphatic carboxylic acids is 1. The SMILES string of the molecule is C/C=C/CC(NC(=O)c1ccc(OCC2CC2)cc1)C(=O)O. The van der Waals surface area contributed by atoms with Crippen molar-refractivity contribution < 1.29 is 19.4 Å². The maximum atomic E-state index is 12.1. The Balaban J connectivity index is 1.91. The fourth-order valence-electron chi connectivity index (χ4n) is 1.94. The predicted molar refractivity (Wildman–Crippen MR) is 83.0 cm³/mol. The molecule has 0 aromatic heterocycles. The summed E-state index contributed by atoms with van der Waals surface area (Å²) in [5.41, 5.74) is 0.422. The van der Waals surface area contributed by atoms with Crippen LogP contribution in [0.1, 0.15) is 36.5 Å². The van der Waals surface area contributed by atoms with Crippen LogP contribution < -0.4 is 10.1 Å². The molecule has 0 radical (unpaired) electrons. The van der Waals surface area contributed by atoms with Gasteiger partial charge in [-0.1, -0.05) is 12.2 Å². The van der Waals surface area contributed by atoms with E-state index in [1.165, 1.54) is 12.8 Å². The first-order valence-corrected chi connectivity index (χ1v) is 7.48. The van der Waals surface area contributed by atoms with E-state index in [1.54, 1.807) is 43.3 Å². The second-order valence-corrected chi connectivity index (χ2v) is 5.45. The smallest absolute Gasteiger partial charge is 0.326 e. The lowest BCUT2D eigenvalue weighted by molar-refractivity contribution is -0.139. The Kier molecular flexibility index (Phi) is 5.58. The van der Waals surface area contributed by atoms with E-state index in [2.05, 4.69) is 5.32 Å². The lowest BCUT2D eigenvalue weighted by atomic mass is 10.1. The monoisotopic (exact) mass is 303 g/mol. The van der Waals surface area contributed by atoms with Crippen molar-refractivity contribution in [1.29, 1.82) is 0 Å². The predicted octanol–water partition coefficient (Wildman–Crippen LogP) is 2.62. The number of hydrogen-bond donors (Lipinski definition) is 2. The Bertz CT molecular complexity index is 546. The van der Waals surface area contributed by atoms with Gasteiger partial charge in [-0.3, -0.25) is 4.79 Å². The van der Waals surface area contributed by atoms with Gasteiger partial charge >= 0.3 is 5.97 Å². The summed E-state index contributed by atoms with van der Waals surface area (Å²) in [5, 5.41) is 11.6. The molecule has 1 fully saturated rings. The summed E-state index contributed by atoms with van der Waals surface area (Å²) in [6.45, 7) is 2.52. The van der Waals surface area contributed by atoms with Crippen molar-refractivity contribution in [2.75, 3.05) is 6.61 Å². The van der Waals surface area contributed by atoms with Gasteiger partial charge in [0.1, 0.15) is 11.8 Å². The van der Waals surface area contributed by atoms with Crippen molar-refractivity contribution in [2.45, 2.75) is 32.2 Å². The van der Waals surface area contributed by atoms with Crippen LogP contribution in [-0.4, -0.2) is 29.6 Å². The molecule has 0 heterocycles. The van der Waals surface area contributed by atoms with Crippen LogP contribution in [0, 0.1) is 5.92 Å². The number of hydrogen-bond acceptors (Lipinski definition) is 3. The fraction of sp³-hybridized carbons (Fsp3) is 0.412. The highest BCUT2D eigenvalue weighted by Crippen LogP contribution is 2.29. The number of carbonyl (C=O) groups excluding carboxylic acids is 1. The molecule has 5 nitrogen and oxygen atoms in total. The lowest BCUT2D eigenvalue weighted by Crippen LogP contribution is -2.40. The van der Waals surface area contributed by atoms with Gasteiger partial charge in [0, 0.05) is 5.56 Å². The molecule has 2 N–H and O–H groups in total. The van der Waals surface area contributed by atoms with Crippen molar-refractivity contribution in [3.8, 4) is 5.75 Å². The van der Waals surface area contributed by atoms with Crippen molar-refractivity contribution in [3.05, 3.63) is 42.0 Å². The van der Waals surface area contributed by atoms with Crippen LogP contribution in [-0.2, 0) is 4.79 Å². The van der Waals surface area contributed by atoms with Crippen molar-refractivity contribution >= 4 is 11.9 Å². The minimum atomic E-state index is -1.05. The molecule has 1 atom stereocenters. The molecule has 2 rings (SSSR count). The molecule has 0 aliphatic heterocycles. The minimum absolute atomic E-state index is 0.264. The van der Waals surface area contributed by atoms with Crippen molar-refractivity contribution in [3.63, 3.8) is 0 Å². The molecule has 1 aliphatic rings. The Morgan fingerprint density at radius 2 is 2.05 bits per heavy atom. The van der Waals surface area contributed by atoms with Crippen LogP contribution in [0.5, 0.6) is 5.75 Å². The van der Waals surface area contributed by atoms with Gasteiger partial charge in [0.05, 0.1) is 6.61 Å². The van der Waals surface area contributed by atoms with Crippen LogP contribution in [0.4, 0.5) is 0 Å². The van der Waals surface area contributed by atoms with Crippen LogP contribution >= 0.6 is 0 Å². The molecule has 1 aromatic rings. The number of carbonyl (C=O) groups is 2. The molecule has 1 saturated carbocycles. The van der Waals surface area contributed by atoms with Crippen LogP contribution in [0.3, 0.4) is 0 Å². The normalized spacial score (nSPS) is 15.5. The number of carboxylic acid groups (broad SMARTS) is 1. The van der Waals surface area contributed by atoms with Gasteiger partial charge in [-0.15, -0.1) is 0 Å². The van der Waals surface area contributed by atoms with Gasteiger partial charge in [0.25, 0.3) is 5.91 Å². The third kappa shape index (κ3) is 4.91. The first-order chi connectivity index (χ1) is 10.6.